The molecule has 0 saturated heterocycles. The number of nitrogens with zero attached hydrogens (tertiary/aromatic N) is 2. The van der Waals surface area contributed by atoms with E-state index in [0.29, 0.717) is 0 Å². The molecule has 4 nitrogen and oxygen atoms in total. The van der Waals surface area contributed by atoms with Crippen LogP contribution in [0.3, 0.4) is 0 Å². The van der Waals surface area contributed by atoms with E-state index in [9.17, 15) is 0 Å². The summed E-state index contributed by atoms with van der Waals surface area (Å²) in [7, 11) is 1.91. The molecule has 2 N–H and O–H groups in total. The zero-order valence-corrected chi connectivity index (χ0v) is 10.6. The quantitative estimate of drug-likeness (QED) is 0.792. The highest BCUT2D eigenvalue weighted by Crippen LogP contribution is 2.27. The molecule has 0 spiro atoms. The average Bonchev–Trinajstić information content (AvgIpc) is 2.83. The third-order valence-electron chi connectivity index (χ3n) is 3.37. The zero-order valence-electron chi connectivity index (χ0n) is 10.6. The van der Waals surface area contributed by atoms with Gasteiger partial charge in [-0.15, -0.1) is 0 Å². The fourth-order valence-corrected chi connectivity index (χ4v) is 2.44. The van der Waals surface area contributed by atoms with Crippen molar-refractivity contribution in [3.05, 3.63) is 18.1 Å². The highest BCUT2D eigenvalue weighted by molar-refractivity contribution is 5.32. The second-order valence-corrected chi connectivity index (χ2v) is 4.75. The predicted molar refractivity (Wildman–Crippen MR) is 69.9 cm³/mol. The molecule has 0 unspecified atom stereocenters. The maximum absolute atomic E-state index is 4.44. The van der Waals surface area contributed by atoms with Crippen molar-refractivity contribution in [3.63, 3.8) is 0 Å². The van der Waals surface area contributed by atoms with Gasteiger partial charge in [0.25, 0.3) is 0 Å². The molecule has 0 aliphatic heterocycles. The van der Waals surface area contributed by atoms with Crippen LogP contribution in [0.2, 0.25) is 0 Å². The van der Waals surface area contributed by atoms with E-state index < -0.39 is 0 Å². The molecule has 1 saturated carbocycles. The van der Waals surface area contributed by atoms with Crippen molar-refractivity contribution in [2.75, 3.05) is 18.9 Å². The smallest absolute Gasteiger partial charge is 0.144 e. The van der Waals surface area contributed by atoms with Crippen LogP contribution < -0.4 is 10.6 Å². The standard InChI is InChI=1S/C13H22N4/c1-14-10-13-16-9-7-12(17-13)15-8-6-11-4-2-3-5-11/h7,9,11,14H,2-6,8,10H2,1H3,(H,15,16,17). The lowest BCUT2D eigenvalue weighted by Gasteiger charge is -2.10. The predicted octanol–water partition coefficient (Wildman–Crippen LogP) is 2.19. The molecule has 0 atom stereocenters. The molecule has 4 heteroatoms. The lowest BCUT2D eigenvalue weighted by molar-refractivity contribution is 0.518. The van der Waals surface area contributed by atoms with Gasteiger partial charge in [0.05, 0.1) is 6.54 Å². The SMILES string of the molecule is CNCc1nccc(NCCC2CCCC2)n1. The van der Waals surface area contributed by atoms with Gasteiger partial charge in [-0.2, -0.15) is 0 Å². The van der Waals surface area contributed by atoms with Crippen molar-refractivity contribution in [1.82, 2.24) is 15.3 Å². The summed E-state index contributed by atoms with van der Waals surface area (Å²) in [5, 5.41) is 6.45. The van der Waals surface area contributed by atoms with E-state index in [1.54, 1.807) is 0 Å². The zero-order chi connectivity index (χ0) is 11.9. The Balaban J connectivity index is 1.75. The summed E-state index contributed by atoms with van der Waals surface area (Å²) in [6.45, 7) is 1.75. The van der Waals surface area contributed by atoms with Crippen LogP contribution in [-0.2, 0) is 6.54 Å². The van der Waals surface area contributed by atoms with Gasteiger partial charge in [0.1, 0.15) is 11.6 Å². The van der Waals surface area contributed by atoms with Crippen LogP contribution >= 0.6 is 0 Å². The van der Waals surface area contributed by atoms with Gasteiger partial charge in [-0.25, -0.2) is 9.97 Å². The molecule has 2 rings (SSSR count). The van der Waals surface area contributed by atoms with Crippen LogP contribution in [0.25, 0.3) is 0 Å². The number of anilines is 1. The van der Waals surface area contributed by atoms with Gasteiger partial charge in [0, 0.05) is 12.7 Å². The van der Waals surface area contributed by atoms with Crippen LogP contribution in [0.15, 0.2) is 12.3 Å². The van der Waals surface area contributed by atoms with Crippen LogP contribution in [0, 0.1) is 5.92 Å². The maximum atomic E-state index is 4.44. The van der Waals surface area contributed by atoms with Crippen molar-refractivity contribution < 1.29 is 0 Å². The molecule has 1 aromatic rings. The van der Waals surface area contributed by atoms with E-state index in [0.717, 1.165) is 30.6 Å². The van der Waals surface area contributed by atoms with E-state index in [2.05, 4.69) is 20.6 Å². The topological polar surface area (TPSA) is 49.8 Å². The minimum atomic E-state index is 0.720. The highest BCUT2D eigenvalue weighted by atomic mass is 15.0. The molecule has 1 aliphatic carbocycles. The fraction of sp³-hybridized carbons (Fsp3) is 0.692. The van der Waals surface area contributed by atoms with Crippen LogP contribution in [0.5, 0.6) is 0 Å². The Morgan fingerprint density at radius 3 is 2.94 bits per heavy atom. The second kappa shape index (κ2) is 6.55. The fourth-order valence-electron chi connectivity index (χ4n) is 2.44. The molecular formula is C13H22N4. The Morgan fingerprint density at radius 1 is 1.35 bits per heavy atom. The van der Waals surface area contributed by atoms with Gasteiger partial charge in [-0.3, -0.25) is 0 Å². The highest BCUT2D eigenvalue weighted by Gasteiger charge is 2.14. The molecule has 0 bridgehead atoms. The Kier molecular flexibility index (Phi) is 4.74. The number of aromatic nitrogens is 2. The molecule has 1 fully saturated rings. The molecule has 1 heterocycles. The third kappa shape index (κ3) is 3.97. The first-order valence-electron chi connectivity index (χ1n) is 6.59. The van der Waals surface area contributed by atoms with Gasteiger partial charge in [-0.1, -0.05) is 25.7 Å². The summed E-state index contributed by atoms with van der Waals surface area (Å²) >= 11 is 0. The van der Waals surface area contributed by atoms with Crippen molar-refractivity contribution in [2.45, 2.75) is 38.6 Å². The van der Waals surface area contributed by atoms with Crippen LogP contribution in [0.1, 0.15) is 37.9 Å². The van der Waals surface area contributed by atoms with Crippen molar-refractivity contribution >= 4 is 5.82 Å². The molecule has 1 aliphatic rings. The molecule has 0 amide bonds. The summed E-state index contributed by atoms with van der Waals surface area (Å²) in [4.78, 5) is 8.64. The van der Waals surface area contributed by atoms with Gasteiger partial charge >= 0.3 is 0 Å². The van der Waals surface area contributed by atoms with Crippen molar-refractivity contribution in [3.8, 4) is 0 Å². The normalized spacial score (nSPS) is 16.3. The summed E-state index contributed by atoms with van der Waals surface area (Å²) in [5.41, 5.74) is 0. The van der Waals surface area contributed by atoms with E-state index in [1.165, 1.54) is 32.1 Å². The summed E-state index contributed by atoms with van der Waals surface area (Å²) in [5.74, 6) is 2.72. The first-order chi connectivity index (χ1) is 8.38. The van der Waals surface area contributed by atoms with Gasteiger partial charge < -0.3 is 10.6 Å². The average molecular weight is 234 g/mol. The Bertz CT molecular complexity index is 334. The monoisotopic (exact) mass is 234 g/mol. The molecular weight excluding hydrogens is 212 g/mol. The lowest BCUT2D eigenvalue weighted by Crippen LogP contribution is -2.12. The summed E-state index contributed by atoms with van der Waals surface area (Å²) in [6.07, 6.45) is 8.75. The Labute approximate surface area is 103 Å². The molecule has 0 radical (unpaired) electrons. The summed E-state index contributed by atoms with van der Waals surface area (Å²) in [6, 6.07) is 1.94. The molecule has 0 aromatic carbocycles. The number of rotatable bonds is 6. The Hall–Kier alpha value is -1.16. The lowest BCUT2D eigenvalue weighted by atomic mass is 10.0. The third-order valence-corrected chi connectivity index (χ3v) is 3.37. The molecule has 17 heavy (non-hydrogen) atoms. The Morgan fingerprint density at radius 2 is 2.18 bits per heavy atom. The number of nitrogens with one attached hydrogen (secondary N) is 2. The molecule has 94 valence electrons. The molecule has 1 aromatic heterocycles. The first-order valence-corrected chi connectivity index (χ1v) is 6.59. The summed E-state index contributed by atoms with van der Waals surface area (Å²) < 4.78 is 0. The minimum Gasteiger partial charge on any atom is -0.370 e. The van der Waals surface area contributed by atoms with Gasteiger partial charge in [0.2, 0.25) is 0 Å². The first kappa shape index (κ1) is 12.3. The van der Waals surface area contributed by atoms with Crippen molar-refractivity contribution in [2.24, 2.45) is 5.92 Å². The largest absolute Gasteiger partial charge is 0.370 e. The van der Waals surface area contributed by atoms with E-state index in [-0.39, 0.29) is 0 Å². The number of hydrogen-bond donors (Lipinski definition) is 2. The minimum absolute atomic E-state index is 0.720. The van der Waals surface area contributed by atoms with E-state index >= 15 is 0 Å². The van der Waals surface area contributed by atoms with Gasteiger partial charge in [0.15, 0.2) is 0 Å². The van der Waals surface area contributed by atoms with E-state index in [4.69, 9.17) is 0 Å². The number of hydrogen-bond acceptors (Lipinski definition) is 4. The second-order valence-electron chi connectivity index (χ2n) is 4.75. The van der Waals surface area contributed by atoms with Gasteiger partial charge in [-0.05, 0) is 25.5 Å². The van der Waals surface area contributed by atoms with Crippen LogP contribution in [-0.4, -0.2) is 23.6 Å². The van der Waals surface area contributed by atoms with Crippen molar-refractivity contribution in [1.29, 1.82) is 0 Å². The van der Waals surface area contributed by atoms with Crippen LogP contribution in [0.4, 0.5) is 5.82 Å². The maximum Gasteiger partial charge on any atom is 0.144 e. The van der Waals surface area contributed by atoms with E-state index in [1.807, 2.05) is 19.3 Å².